The van der Waals surface area contributed by atoms with Crippen molar-refractivity contribution in [3.05, 3.63) is 0 Å². The van der Waals surface area contributed by atoms with Crippen molar-refractivity contribution in [2.45, 2.75) is 46.6 Å². The van der Waals surface area contributed by atoms with E-state index in [1.807, 2.05) is 18.7 Å². The molecule has 1 saturated heterocycles. The number of nitrogens with zero attached hydrogens (tertiary/aromatic N) is 3. The van der Waals surface area contributed by atoms with Crippen LogP contribution in [0.3, 0.4) is 0 Å². The Labute approximate surface area is 175 Å². The Morgan fingerprint density at radius 2 is 1.73 bits per heavy atom. The summed E-state index contributed by atoms with van der Waals surface area (Å²) in [5.41, 5.74) is 0. The molecule has 0 bridgehead atoms. The summed E-state index contributed by atoms with van der Waals surface area (Å²) in [6.07, 6.45) is 1.78. The summed E-state index contributed by atoms with van der Waals surface area (Å²) in [4.78, 5) is 31.7. The van der Waals surface area contributed by atoms with E-state index >= 15 is 0 Å². The minimum absolute atomic E-state index is 0. The topological polar surface area (TPSA) is 77.0 Å². The molecule has 0 aromatic rings. The van der Waals surface area contributed by atoms with Gasteiger partial charge in [0.25, 0.3) is 0 Å². The van der Waals surface area contributed by atoms with Crippen LogP contribution in [0.2, 0.25) is 0 Å². The zero-order chi connectivity index (χ0) is 19.0. The Kier molecular flexibility index (Phi) is 11.8. The number of carbonyl (C=O) groups excluding carboxylic acids is 2. The number of likely N-dealkylation sites (N-methyl/N-ethyl adjacent to an activating group) is 1. The normalized spacial score (nSPS) is 15.7. The lowest BCUT2D eigenvalue weighted by Crippen LogP contribution is -2.51. The summed E-state index contributed by atoms with van der Waals surface area (Å²) in [5.74, 6) is 1.41. The Morgan fingerprint density at radius 3 is 2.19 bits per heavy atom. The van der Waals surface area contributed by atoms with E-state index in [9.17, 15) is 9.59 Å². The van der Waals surface area contributed by atoms with Crippen molar-refractivity contribution in [3.63, 3.8) is 0 Å². The average molecular weight is 481 g/mol. The summed E-state index contributed by atoms with van der Waals surface area (Å²) in [5, 5.41) is 6.73. The van der Waals surface area contributed by atoms with Crippen molar-refractivity contribution in [1.29, 1.82) is 0 Å². The Bertz CT molecular complexity index is 472. The van der Waals surface area contributed by atoms with Crippen molar-refractivity contribution < 1.29 is 9.59 Å². The lowest BCUT2D eigenvalue weighted by molar-refractivity contribution is -0.135. The molecule has 8 heteroatoms. The largest absolute Gasteiger partial charge is 0.356 e. The minimum atomic E-state index is -0.0250. The first-order valence-corrected chi connectivity index (χ1v) is 9.24. The van der Waals surface area contributed by atoms with Gasteiger partial charge in [-0.15, -0.1) is 24.0 Å². The number of hydrogen-bond donors (Lipinski definition) is 2. The number of halogens is 1. The number of hydrogen-bond acceptors (Lipinski definition) is 3. The highest BCUT2D eigenvalue weighted by Crippen LogP contribution is 2.13. The highest BCUT2D eigenvalue weighted by atomic mass is 127. The molecule has 0 aromatic carbocycles. The third-order valence-corrected chi connectivity index (χ3v) is 4.19. The molecule has 1 fully saturated rings. The fourth-order valence-electron chi connectivity index (χ4n) is 2.54. The smallest absolute Gasteiger partial charge is 0.243 e. The summed E-state index contributed by atoms with van der Waals surface area (Å²) in [7, 11) is 3.46. The fraction of sp³-hybridized carbons (Fsp3) is 0.833. The summed E-state index contributed by atoms with van der Waals surface area (Å²) in [6, 6.07) is 0.268. The van der Waals surface area contributed by atoms with Crippen LogP contribution >= 0.6 is 24.0 Å². The monoisotopic (exact) mass is 481 g/mol. The molecular weight excluding hydrogens is 445 g/mol. The number of carbonyl (C=O) groups is 2. The van der Waals surface area contributed by atoms with E-state index in [0.29, 0.717) is 11.9 Å². The first-order valence-electron chi connectivity index (χ1n) is 9.24. The van der Waals surface area contributed by atoms with Crippen LogP contribution in [0.5, 0.6) is 0 Å². The highest BCUT2D eigenvalue weighted by Gasteiger charge is 2.24. The molecule has 1 rings (SSSR count). The van der Waals surface area contributed by atoms with Gasteiger partial charge in [-0.3, -0.25) is 9.59 Å². The van der Waals surface area contributed by atoms with E-state index in [1.165, 1.54) is 0 Å². The van der Waals surface area contributed by atoms with E-state index in [2.05, 4.69) is 29.5 Å². The summed E-state index contributed by atoms with van der Waals surface area (Å²) in [6.45, 7) is 10.6. The first-order chi connectivity index (χ1) is 11.7. The molecule has 7 nitrogen and oxygen atoms in total. The molecule has 152 valence electrons. The quantitative estimate of drug-likeness (QED) is 0.343. The zero-order valence-corrected chi connectivity index (χ0v) is 19.4. The number of nitrogens with one attached hydrogen (secondary N) is 2. The van der Waals surface area contributed by atoms with Gasteiger partial charge in [-0.2, -0.15) is 0 Å². The van der Waals surface area contributed by atoms with E-state index in [1.54, 1.807) is 19.0 Å². The van der Waals surface area contributed by atoms with E-state index in [0.717, 1.165) is 32.5 Å². The van der Waals surface area contributed by atoms with Gasteiger partial charge in [-0.05, 0) is 18.8 Å². The average Bonchev–Trinajstić information content (AvgIpc) is 2.56. The van der Waals surface area contributed by atoms with Crippen LogP contribution in [0.4, 0.5) is 0 Å². The van der Waals surface area contributed by atoms with Crippen molar-refractivity contribution in [2.24, 2.45) is 16.8 Å². The van der Waals surface area contributed by atoms with Crippen molar-refractivity contribution in [2.75, 3.05) is 40.3 Å². The molecular formula is C18H36IN5O2. The number of guanidine groups is 1. The predicted molar refractivity (Wildman–Crippen MR) is 117 cm³/mol. The fourth-order valence-corrected chi connectivity index (χ4v) is 2.54. The van der Waals surface area contributed by atoms with Gasteiger partial charge in [-0.1, -0.05) is 27.7 Å². The molecule has 26 heavy (non-hydrogen) atoms. The molecule has 0 aliphatic carbocycles. The van der Waals surface area contributed by atoms with Crippen LogP contribution in [0.15, 0.2) is 4.99 Å². The molecule has 1 aliphatic rings. The van der Waals surface area contributed by atoms with Crippen LogP contribution < -0.4 is 10.6 Å². The first kappa shape index (κ1) is 24.9. The summed E-state index contributed by atoms with van der Waals surface area (Å²) < 4.78 is 0. The maximum Gasteiger partial charge on any atom is 0.243 e. The highest BCUT2D eigenvalue weighted by molar-refractivity contribution is 14.0. The van der Waals surface area contributed by atoms with Gasteiger partial charge in [0.1, 0.15) is 6.54 Å². The number of likely N-dealkylation sites (tertiary alicyclic amines) is 1. The molecule has 1 heterocycles. The number of piperidine rings is 1. The van der Waals surface area contributed by atoms with Gasteiger partial charge in [-0.25, -0.2) is 4.99 Å². The van der Waals surface area contributed by atoms with Crippen LogP contribution in [0.25, 0.3) is 0 Å². The van der Waals surface area contributed by atoms with Crippen LogP contribution in [-0.2, 0) is 9.59 Å². The Hall–Kier alpha value is -1.06. The maximum absolute atomic E-state index is 12.1. The Morgan fingerprint density at radius 1 is 1.15 bits per heavy atom. The van der Waals surface area contributed by atoms with Gasteiger partial charge in [0.15, 0.2) is 5.96 Å². The third kappa shape index (κ3) is 9.05. The maximum atomic E-state index is 12.1. The van der Waals surface area contributed by atoms with E-state index in [-0.39, 0.29) is 54.3 Å². The SMILES string of the molecule is CC(C)CNC(=NCC(=O)N(C)C)NC1CCN(C(=O)C(C)C)CC1.I. The van der Waals surface area contributed by atoms with E-state index < -0.39 is 0 Å². The molecule has 2 N–H and O–H groups in total. The van der Waals surface area contributed by atoms with E-state index in [4.69, 9.17) is 0 Å². The Balaban J connectivity index is 0.00000625. The van der Waals surface area contributed by atoms with Gasteiger partial charge in [0.2, 0.25) is 11.8 Å². The second-order valence-electron chi connectivity index (χ2n) is 7.63. The number of rotatable bonds is 6. The van der Waals surface area contributed by atoms with Crippen molar-refractivity contribution in [1.82, 2.24) is 20.4 Å². The molecule has 0 aromatic heterocycles. The van der Waals surface area contributed by atoms with Gasteiger partial charge in [0, 0.05) is 45.7 Å². The second kappa shape index (κ2) is 12.3. The van der Waals surface area contributed by atoms with Gasteiger partial charge >= 0.3 is 0 Å². The predicted octanol–water partition coefficient (Wildman–Crippen LogP) is 1.53. The minimum Gasteiger partial charge on any atom is -0.356 e. The summed E-state index contributed by atoms with van der Waals surface area (Å²) >= 11 is 0. The molecule has 1 aliphatic heterocycles. The lowest BCUT2D eigenvalue weighted by atomic mass is 10.0. The standard InChI is InChI=1S/C18H35N5O2.HI/c1-13(2)11-19-18(20-12-16(24)22(5)6)21-15-7-9-23(10-8-15)17(25)14(3)4;/h13-15H,7-12H2,1-6H3,(H2,19,20,21);1H. The number of amides is 2. The van der Waals surface area contributed by atoms with Crippen LogP contribution in [-0.4, -0.2) is 73.9 Å². The van der Waals surface area contributed by atoms with Crippen molar-refractivity contribution >= 4 is 41.8 Å². The molecule has 0 atom stereocenters. The number of aliphatic imine (C=N–C) groups is 1. The van der Waals surface area contributed by atoms with Gasteiger partial charge < -0.3 is 20.4 Å². The van der Waals surface area contributed by atoms with Gasteiger partial charge in [0.05, 0.1) is 0 Å². The molecule has 2 amide bonds. The van der Waals surface area contributed by atoms with Crippen molar-refractivity contribution in [3.8, 4) is 0 Å². The van der Waals surface area contributed by atoms with Crippen LogP contribution in [0, 0.1) is 11.8 Å². The molecule has 0 spiro atoms. The third-order valence-electron chi connectivity index (χ3n) is 4.19. The molecule has 0 saturated carbocycles. The lowest BCUT2D eigenvalue weighted by Gasteiger charge is -2.34. The zero-order valence-electron chi connectivity index (χ0n) is 17.0. The molecule has 0 radical (unpaired) electrons. The van der Waals surface area contributed by atoms with Crippen LogP contribution in [0.1, 0.15) is 40.5 Å². The second-order valence-corrected chi connectivity index (χ2v) is 7.63. The molecule has 0 unspecified atom stereocenters.